The Morgan fingerprint density at radius 1 is 1.35 bits per heavy atom. The number of thioether (sulfide) groups is 1. The maximum Gasteiger partial charge on any atom is 0.337 e. The smallest absolute Gasteiger partial charge is 0.337 e. The van der Waals surface area contributed by atoms with Gasteiger partial charge in [-0.15, -0.1) is 0 Å². The van der Waals surface area contributed by atoms with E-state index in [1.54, 1.807) is 13.8 Å². The van der Waals surface area contributed by atoms with Gasteiger partial charge in [-0.2, -0.15) is 0 Å². The van der Waals surface area contributed by atoms with Gasteiger partial charge in [0.2, 0.25) is 5.91 Å². The van der Waals surface area contributed by atoms with E-state index in [0.29, 0.717) is 5.03 Å². The van der Waals surface area contributed by atoms with E-state index in [4.69, 9.17) is 5.11 Å². The van der Waals surface area contributed by atoms with Crippen molar-refractivity contribution in [1.82, 2.24) is 15.6 Å². The topological polar surface area (TPSA) is 108 Å². The third-order valence-corrected chi connectivity index (χ3v) is 2.95. The zero-order valence-corrected chi connectivity index (χ0v) is 11.9. The van der Waals surface area contributed by atoms with E-state index in [-0.39, 0.29) is 17.4 Å². The second kappa shape index (κ2) is 7.49. The number of urea groups is 1. The van der Waals surface area contributed by atoms with Gasteiger partial charge in [-0.3, -0.25) is 10.1 Å². The number of amides is 3. The SMILES string of the molecule is CC(C)NC(=O)NC(=O)CSc1ccc(C(=O)O)cn1. The van der Waals surface area contributed by atoms with Gasteiger partial charge < -0.3 is 10.4 Å². The summed E-state index contributed by atoms with van der Waals surface area (Å²) < 4.78 is 0. The summed E-state index contributed by atoms with van der Waals surface area (Å²) in [6, 6.07) is 2.32. The van der Waals surface area contributed by atoms with E-state index < -0.39 is 17.9 Å². The monoisotopic (exact) mass is 297 g/mol. The highest BCUT2D eigenvalue weighted by Crippen LogP contribution is 2.14. The van der Waals surface area contributed by atoms with Crippen LogP contribution in [0.5, 0.6) is 0 Å². The fourth-order valence-corrected chi connectivity index (χ4v) is 1.84. The third-order valence-electron chi connectivity index (χ3n) is 2.01. The minimum Gasteiger partial charge on any atom is -0.478 e. The van der Waals surface area contributed by atoms with Crippen molar-refractivity contribution in [3.63, 3.8) is 0 Å². The molecule has 8 heteroatoms. The lowest BCUT2D eigenvalue weighted by atomic mass is 10.3. The van der Waals surface area contributed by atoms with Crippen LogP contribution in [0, 0.1) is 0 Å². The van der Waals surface area contributed by atoms with E-state index >= 15 is 0 Å². The molecule has 1 heterocycles. The molecule has 20 heavy (non-hydrogen) atoms. The van der Waals surface area contributed by atoms with Gasteiger partial charge in [-0.05, 0) is 26.0 Å². The predicted molar refractivity (Wildman–Crippen MR) is 73.7 cm³/mol. The first-order valence-corrected chi connectivity index (χ1v) is 6.79. The molecule has 7 nitrogen and oxygen atoms in total. The van der Waals surface area contributed by atoms with Crippen LogP contribution >= 0.6 is 11.8 Å². The number of rotatable bonds is 5. The Labute approximate surface area is 120 Å². The number of aromatic carboxylic acids is 1. The van der Waals surface area contributed by atoms with E-state index in [9.17, 15) is 14.4 Å². The van der Waals surface area contributed by atoms with Crippen molar-refractivity contribution in [2.45, 2.75) is 24.9 Å². The first-order chi connectivity index (χ1) is 9.38. The molecule has 3 N–H and O–H groups in total. The van der Waals surface area contributed by atoms with Crippen molar-refractivity contribution in [2.24, 2.45) is 0 Å². The summed E-state index contributed by atoms with van der Waals surface area (Å²) in [7, 11) is 0. The first kappa shape index (κ1) is 16.0. The fourth-order valence-electron chi connectivity index (χ4n) is 1.19. The van der Waals surface area contributed by atoms with Crippen molar-refractivity contribution in [3.05, 3.63) is 23.9 Å². The molecule has 0 fully saturated rings. The van der Waals surface area contributed by atoms with E-state index in [1.165, 1.54) is 18.3 Å². The second-order valence-electron chi connectivity index (χ2n) is 4.16. The number of nitrogens with zero attached hydrogens (tertiary/aromatic N) is 1. The van der Waals surface area contributed by atoms with Crippen molar-refractivity contribution < 1.29 is 19.5 Å². The molecule has 0 saturated carbocycles. The summed E-state index contributed by atoms with van der Waals surface area (Å²) in [4.78, 5) is 37.3. The van der Waals surface area contributed by atoms with Gasteiger partial charge in [0, 0.05) is 12.2 Å². The van der Waals surface area contributed by atoms with Crippen LogP contribution in [-0.2, 0) is 4.79 Å². The molecular formula is C12H15N3O4S. The Bertz CT molecular complexity index is 502. The first-order valence-electron chi connectivity index (χ1n) is 5.81. The summed E-state index contributed by atoms with van der Waals surface area (Å²) in [6.45, 7) is 3.57. The molecule has 0 aliphatic heterocycles. The van der Waals surface area contributed by atoms with Gasteiger partial charge in [0.1, 0.15) is 0 Å². The highest BCUT2D eigenvalue weighted by molar-refractivity contribution is 7.99. The number of imide groups is 1. The van der Waals surface area contributed by atoms with Crippen LogP contribution in [0.15, 0.2) is 23.4 Å². The number of nitrogens with one attached hydrogen (secondary N) is 2. The highest BCUT2D eigenvalue weighted by Gasteiger charge is 2.10. The molecule has 0 bridgehead atoms. The molecular weight excluding hydrogens is 282 g/mol. The number of aromatic nitrogens is 1. The van der Waals surface area contributed by atoms with Crippen LogP contribution in [0.2, 0.25) is 0 Å². The highest BCUT2D eigenvalue weighted by atomic mass is 32.2. The van der Waals surface area contributed by atoms with Gasteiger partial charge in [0.15, 0.2) is 0 Å². The van der Waals surface area contributed by atoms with Crippen LogP contribution in [0.25, 0.3) is 0 Å². The van der Waals surface area contributed by atoms with E-state index in [0.717, 1.165) is 11.8 Å². The zero-order chi connectivity index (χ0) is 15.1. The summed E-state index contributed by atoms with van der Waals surface area (Å²) in [5.74, 6) is -1.49. The summed E-state index contributed by atoms with van der Waals surface area (Å²) >= 11 is 1.11. The summed E-state index contributed by atoms with van der Waals surface area (Å²) in [6.07, 6.45) is 1.22. The number of carbonyl (C=O) groups is 3. The fraction of sp³-hybridized carbons (Fsp3) is 0.333. The van der Waals surface area contributed by atoms with Crippen molar-refractivity contribution in [1.29, 1.82) is 0 Å². The Morgan fingerprint density at radius 2 is 2.05 bits per heavy atom. The summed E-state index contributed by atoms with van der Waals surface area (Å²) in [5, 5.41) is 13.9. The number of hydrogen-bond donors (Lipinski definition) is 3. The lowest BCUT2D eigenvalue weighted by Gasteiger charge is -2.08. The normalized spacial score (nSPS) is 10.2. The van der Waals surface area contributed by atoms with Crippen LogP contribution in [-0.4, -0.2) is 39.8 Å². The Kier molecular flexibility index (Phi) is 5.98. The molecule has 0 spiro atoms. The molecule has 1 aromatic heterocycles. The standard InChI is InChI=1S/C12H15N3O4S/c1-7(2)14-12(19)15-9(16)6-20-10-4-3-8(5-13-10)11(17)18/h3-5,7H,6H2,1-2H3,(H,17,18)(H2,14,15,16,19). The number of pyridine rings is 1. The molecule has 0 aliphatic rings. The van der Waals surface area contributed by atoms with Crippen LogP contribution in [0.4, 0.5) is 4.79 Å². The molecule has 1 rings (SSSR count). The predicted octanol–water partition coefficient (Wildman–Crippen LogP) is 1.11. The van der Waals surface area contributed by atoms with E-state index in [1.807, 2.05) is 0 Å². The molecule has 0 atom stereocenters. The molecule has 108 valence electrons. The van der Waals surface area contributed by atoms with Crippen molar-refractivity contribution in [3.8, 4) is 0 Å². The molecule has 0 radical (unpaired) electrons. The van der Waals surface area contributed by atoms with Gasteiger partial charge in [0.25, 0.3) is 0 Å². The maximum atomic E-state index is 11.5. The second-order valence-corrected chi connectivity index (χ2v) is 5.15. The van der Waals surface area contributed by atoms with Crippen molar-refractivity contribution in [2.75, 3.05) is 5.75 Å². The van der Waals surface area contributed by atoms with Gasteiger partial charge in [-0.1, -0.05) is 11.8 Å². The third kappa shape index (κ3) is 5.70. The van der Waals surface area contributed by atoms with Crippen LogP contribution in [0.3, 0.4) is 0 Å². The molecule has 0 aliphatic carbocycles. The summed E-state index contributed by atoms with van der Waals surface area (Å²) in [5.41, 5.74) is 0.0788. The largest absolute Gasteiger partial charge is 0.478 e. The number of hydrogen-bond acceptors (Lipinski definition) is 5. The Balaban J connectivity index is 2.41. The Morgan fingerprint density at radius 3 is 2.55 bits per heavy atom. The maximum absolute atomic E-state index is 11.5. The average molecular weight is 297 g/mol. The van der Waals surface area contributed by atoms with Crippen molar-refractivity contribution >= 4 is 29.7 Å². The minimum absolute atomic E-state index is 0.0188. The molecule has 0 saturated heterocycles. The zero-order valence-electron chi connectivity index (χ0n) is 11.0. The Hall–Kier alpha value is -2.09. The van der Waals surface area contributed by atoms with Crippen LogP contribution < -0.4 is 10.6 Å². The quantitative estimate of drug-likeness (QED) is 0.702. The van der Waals surface area contributed by atoms with Gasteiger partial charge in [0.05, 0.1) is 16.3 Å². The van der Waals surface area contributed by atoms with E-state index in [2.05, 4.69) is 15.6 Å². The molecule has 0 unspecified atom stereocenters. The lowest BCUT2D eigenvalue weighted by Crippen LogP contribution is -2.43. The number of carbonyl (C=O) groups excluding carboxylic acids is 2. The lowest BCUT2D eigenvalue weighted by molar-refractivity contribution is -0.117. The molecule has 0 aromatic carbocycles. The average Bonchev–Trinajstić information content (AvgIpc) is 2.35. The van der Waals surface area contributed by atoms with Crippen LogP contribution in [0.1, 0.15) is 24.2 Å². The number of carboxylic acid groups (broad SMARTS) is 1. The number of carboxylic acids is 1. The minimum atomic E-state index is -1.06. The molecule has 1 aromatic rings. The van der Waals surface area contributed by atoms with Gasteiger partial charge >= 0.3 is 12.0 Å². The molecule has 3 amide bonds. The van der Waals surface area contributed by atoms with Gasteiger partial charge in [-0.25, -0.2) is 14.6 Å².